The van der Waals surface area contributed by atoms with Crippen LogP contribution in [-0.4, -0.2) is 42.7 Å². The van der Waals surface area contributed by atoms with Crippen molar-refractivity contribution in [2.24, 2.45) is 5.92 Å². The summed E-state index contributed by atoms with van der Waals surface area (Å²) in [5.41, 5.74) is 2.03. The van der Waals surface area contributed by atoms with Gasteiger partial charge in [0.2, 0.25) is 0 Å². The van der Waals surface area contributed by atoms with Gasteiger partial charge in [0.15, 0.2) is 5.78 Å². The van der Waals surface area contributed by atoms with Crippen molar-refractivity contribution in [1.29, 1.82) is 0 Å². The number of hydrogen-bond donors (Lipinski definition) is 0. The quantitative estimate of drug-likeness (QED) is 0.599. The third-order valence-corrected chi connectivity index (χ3v) is 7.27. The van der Waals surface area contributed by atoms with Crippen molar-refractivity contribution in [2.75, 3.05) is 37.0 Å². The van der Waals surface area contributed by atoms with Gasteiger partial charge in [-0.2, -0.15) is 0 Å². The van der Waals surface area contributed by atoms with Crippen molar-refractivity contribution in [3.63, 3.8) is 0 Å². The standard InChI is InChI=1S/C21H22Cl2N2OS/c22-17-6-5-16(13-18(17)23)21(26)15-7-9-24(10-8-15)11-12-25-14-27-20-4-2-1-3-19(20)25/h1-6,13,15H,7-12,14H2. The molecule has 0 amide bonds. The average Bonchev–Trinajstić information content (AvgIpc) is 3.11. The number of carbonyl (C=O) groups excluding carboxylic acids is 1. The summed E-state index contributed by atoms with van der Waals surface area (Å²) in [6.07, 6.45) is 1.81. The van der Waals surface area contributed by atoms with Gasteiger partial charge < -0.3 is 9.80 Å². The summed E-state index contributed by atoms with van der Waals surface area (Å²) in [5, 5.41) is 0.938. The first-order valence-corrected chi connectivity index (χ1v) is 11.0. The van der Waals surface area contributed by atoms with Crippen LogP contribution in [-0.2, 0) is 0 Å². The molecule has 1 saturated heterocycles. The van der Waals surface area contributed by atoms with Gasteiger partial charge >= 0.3 is 0 Å². The predicted octanol–water partition coefficient (Wildman–Crippen LogP) is 5.46. The third kappa shape index (κ3) is 4.29. The number of para-hydroxylation sites is 1. The van der Waals surface area contributed by atoms with Gasteiger partial charge in [0.05, 0.1) is 21.6 Å². The maximum atomic E-state index is 12.7. The summed E-state index contributed by atoms with van der Waals surface area (Å²) >= 11 is 13.9. The smallest absolute Gasteiger partial charge is 0.166 e. The van der Waals surface area contributed by atoms with E-state index in [4.69, 9.17) is 23.2 Å². The number of piperidine rings is 1. The molecule has 2 heterocycles. The Hall–Kier alpha value is -1.20. The van der Waals surface area contributed by atoms with Crippen molar-refractivity contribution in [1.82, 2.24) is 4.90 Å². The number of nitrogens with zero attached hydrogens (tertiary/aromatic N) is 2. The van der Waals surface area contributed by atoms with Gasteiger partial charge in [-0.15, -0.1) is 11.8 Å². The van der Waals surface area contributed by atoms with Crippen molar-refractivity contribution in [3.8, 4) is 0 Å². The van der Waals surface area contributed by atoms with E-state index >= 15 is 0 Å². The van der Waals surface area contributed by atoms with Gasteiger partial charge in [-0.05, 0) is 56.3 Å². The molecule has 2 aromatic carbocycles. The number of Topliss-reactive ketones (excluding diaryl/α,β-unsaturated/α-hetero) is 1. The Morgan fingerprint density at radius 3 is 2.59 bits per heavy atom. The lowest BCUT2D eigenvalue weighted by Crippen LogP contribution is -2.40. The molecule has 0 aromatic heterocycles. The number of ketones is 1. The number of rotatable bonds is 5. The molecule has 0 spiro atoms. The van der Waals surface area contributed by atoms with E-state index < -0.39 is 0 Å². The maximum Gasteiger partial charge on any atom is 0.166 e. The second-order valence-corrected chi connectivity index (χ2v) is 8.91. The van der Waals surface area contributed by atoms with Crippen LogP contribution in [0.25, 0.3) is 0 Å². The summed E-state index contributed by atoms with van der Waals surface area (Å²) < 4.78 is 0. The molecule has 0 N–H and O–H groups in total. The Labute approximate surface area is 174 Å². The fourth-order valence-corrected chi connectivity index (χ4v) is 5.19. The highest BCUT2D eigenvalue weighted by Gasteiger charge is 2.27. The maximum absolute atomic E-state index is 12.7. The van der Waals surface area contributed by atoms with E-state index in [1.807, 2.05) is 11.8 Å². The SMILES string of the molecule is O=C(c1ccc(Cl)c(Cl)c1)C1CCN(CCN2CSc3ccccc32)CC1. The number of thioether (sulfide) groups is 1. The Kier molecular flexibility index (Phi) is 5.98. The summed E-state index contributed by atoms with van der Waals surface area (Å²) in [6, 6.07) is 13.8. The zero-order chi connectivity index (χ0) is 18.8. The van der Waals surface area contributed by atoms with Crippen molar-refractivity contribution in [2.45, 2.75) is 17.7 Å². The first kappa shape index (κ1) is 19.1. The molecule has 0 radical (unpaired) electrons. The van der Waals surface area contributed by atoms with E-state index in [9.17, 15) is 4.79 Å². The second-order valence-electron chi connectivity index (χ2n) is 7.11. The molecule has 3 nitrogen and oxygen atoms in total. The number of benzene rings is 2. The molecule has 0 bridgehead atoms. The number of anilines is 1. The fourth-order valence-electron chi connectivity index (χ4n) is 3.81. The predicted molar refractivity (Wildman–Crippen MR) is 114 cm³/mol. The largest absolute Gasteiger partial charge is 0.360 e. The van der Waals surface area contributed by atoms with Crippen LogP contribution in [0.15, 0.2) is 47.4 Å². The Morgan fingerprint density at radius 1 is 1.04 bits per heavy atom. The first-order chi connectivity index (χ1) is 13.1. The summed E-state index contributed by atoms with van der Waals surface area (Å²) in [4.78, 5) is 19.0. The van der Waals surface area contributed by atoms with Crippen LogP contribution in [0.1, 0.15) is 23.2 Å². The molecule has 2 aliphatic rings. The van der Waals surface area contributed by atoms with Crippen LogP contribution in [0, 0.1) is 5.92 Å². The Bertz CT molecular complexity index is 837. The molecule has 1 fully saturated rings. The van der Waals surface area contributed by atoms with E-state index in [1.54, 1.807) is 18.2 Å². The molecule has 2 aromatic rings. The highest BCUT2D eigenvalue weighted by atomic mass is 35.5. The zero-order valence-electron chi connectivity index (χ0n) is 15.0. The van der Waals surface area contributed by atoms with Gasteiger partial charge in [0.25, 0.3) is 0 Å². The van der Waals surface area contributed by atoms with Crippen molar-refractivity contribution >= 4 is 46.4 Å². The lowest BCUT2D eigenvalue weighted by molar-refractivity contribution is 0.0842. The fraction of sp³-hybridized carbons (Fsp3) is 0.381. The summed E-state index contributed by atoms with van der Waals surface area (Å²) in [6.45, 7) is 4.03. The highest BCUT2D eigenvalue weighted by molar-refractivity contribution is 7.99. The van der Waals surface area contributed by atoms with Gasteiger partial charge in [-0.3, -0.25) is 4.79 Å². The molecule has 4 rings (SSSR count). The molecule has 6 heteroatoms. The minimum Gasteiger partial charge on any atom is -0.360 e. The average molecular weight is 421 g/mol. The van der Waals surface area contributed by atoms with Gasteiger partial charge in [-0.25, -0.2) is 0 Å². The lowest BCUT2D eigenvalue weighted by atomic mass is 9.89. The second kappa shape index (κ2) is 8.44. The molecule has 2 aliphatic heterocycles. The van der Waals surface area contributed by atoms with Crippen LogP contribution in [0.2, 0.25) is 10.0 Å². The molecule has 0 unspecified atom stereocenters. The van der Waals surface area contributed by atoms with Gasteiger partial charge in [0.1, 0.15) is 0 Å². The van der Waals surface area contributed by atoms with Crippen LogP contribution >= 0.6 is 35.0 Å². The van der Waals surface area contributed by atoms with E-state index in [0.717, 1.165) is 44.9 Å². The van der Waals surface area contributed by atoms with Gasteiger partial charge in [0, 0.05) is 29.5 Å². The highest BCUT2D eigenvalue weighted by Crippen LogP contribution is 2.37. The molecule has 0 saturated carbocycles. The van der Waals surface area contributed by atoms with E-state index in [1.165, 1.54) is 10.6 Å². The van der Waals surface area contributed by atoms with Crippen LogP contribution in [0.3, 0.4) is 0 Å². The van der Waals surface area contributed by atoms with Gasteiger partial charge in [-0.1, -0.05) is 35.3 Å². The number of fused-ring (bicyclic) bond motifs is 1. The number of halogens is 2. The molecule has 142 valence electrons. The first-order valence-electron chi connectivity index (χ1n) is 9.30. The van der Waals surface area contributed by atoms with Crippen LogP contribution < -0.4 is 4.90 Å². The number of hydrogen-bond acceptors (Lipinski definition) is 4. The zero-order valence-corrected chi connectivity index (χ0v) is 17.4. The minimum absolute atomic E-state index is 0.0848. The van der Waals surface area contributed by atoms with E-state index in [0.29, 0.717) is 15.6 Å². The molecule has 27 heavy (non-hydrogen) atoms. The minimum atomic E-state index is 0.0848. The van der Waals surface area contributed by atoms with E-state index in [-0.39, 0.29) is 11.7 Å². The topological polar surface area (TPSA) is 23.6 Å². The van der Waals surface area contributed by atoms with Crippen LogP contribution in [0.5, 0.6) is 0 Å². The summed E-state index contributed by atoms with van der Waals surface area (Å²) in [5.74, 6) is 1.31. The normalized spacial score (nSPS) is 17.9. The van der Waals surface area contributed by atoms with E-state index in [2.05, 4.69) is 34.1 Å². The van der Waals surface area contributed by atoms with Crippen LogP contribution in [0.4, 0.5) is 5.69 Å². The lowest BCUT2D eigenvalue weighted by Gasteiger charge is -2.32. The molecular formula is C21H22Cl2N2OS. The molecule has 0 atom stereocenters. The Morgan fingerprint density at radius 2 is 1.81 bits per heavy atom. The number of likely N-dealkylation sites (tertiary alicyclic amines) is 1. The Balaban J connectivity index is 1.28. The summed E-state index contributed by atoms with van der Waals surface area (Å²) in [7, 11) is 0. The van der Waals surface area contributed by atoms with Crippen molar-refractivity contribution in [3.05, 3.63) is 58.1 Å². The molecule has 0 aliphatic carbocycles. The molecular weight excluding hydrogens is 399 g/mol. The third-order valence-electron chi connectivity index (χ3n) is 5.43. The van der Waals surface area contributed by atoms with Crippen molar-refractivity contribution < 1.29 is 4.79 Å². The number of carbonyl (C=O) groups is 1. The monoisotopic (exact) mass is 420 g/mol.